The molecule has 0 aliphatic carbocycles. The Morgan fingerprint density at radius 3 is 2.40 bits per heavy atom. The molecule has 1 aliphatic heterocycles. The van der Waals surface area contributed by atoms with Gasteiger partial charge in [0.05, 0.1) is 24.2 Å². The Morgan fingerprint density at radius 2 is 1.74 bits per heavy atom. The summed E-state index contributed by atoms with van der Waals surface area (Å²) >= 11 is 19.3. The van der Waals surface area contributed by atoms with E-state index in [0.717, 1.165) is 28.2 Å². The number of methoxy groups -OCH3 is 1. The molecule has 2 aromatic carbocycles. The van der Waals surface area contributed by atoms with Gasteiger partial charge in [0.1, 0.15) is 15.0 Å². The average Bonchev–Trinajstić information content (AvgIpc) is 3.20. The zero-order chi connectivity index (χ0) is 25.0. The number of benzene rings is 2. The maximum absolute atomic E-state index is 13.1. The molecule has 0 bridgehead atoms. The van der Waals surface area contributed by atoms with E-state index >= 15 is 0 Å². The lowest BCUT2D eigenvalue weighted by Gasteiger charge is -2.35. The third kappa shape index (κ3) is 6.70. The molecule has 0 radical (unpaired) electrons. The van der Waals surface area contributed by atoms with Crippen molar-refractivity contribution in [2.24, 2.45) is 0 Å². The lowest BCUT2D eigenvalue weighted by molar-refractivity contribution is 0.00763. The first-order chi connectivity index (χ1) is 16.8. The minimum Gasteiger partial charge on any atom is -0.497 e. The highest BCUT2D eigenvalue weighted by molar-refractivity contribution is 7.89. The molecule has 1 aromatic heterocycles. The molecule has 0 amide bonds. The van der Waals surface area contributed by atoms with Crippen LogP contribution in [-0.2, 0) is 21.4 Å². The number of ether oxygens (including phenoxy) is 2. The van der Waals surface area contributed by atoms with Gasteiger partial charge in [-0.3, -0.25) is 4.90 Å². The number of hydrogen-bond acceptors (Lipinski definition) is 6. The number of sulfonamides is 1. The molecule has 0 unspecified atom stereocenters. The Balaban J connectivity index is 1.45. The number of halogens is 3. The summed E-state index contributed by atoms with van der Waals surface area (Å²) in [7, 11) is -2.06. The van der Waals surface area contributed by atoms with Crippen LogP contribution in [-0.4, -0.2) is 57.5 Å². The summed E-state index contributed by atoms with van der Waals surface area (Å²) in [6.07, 6.45) is -0.239. The van der Waals surface area contributed by atoms with Gasteiger partial charge < -0.3 is 9.47 Å². The lowest BCUT2D eigenvalue weighted by Crippen LogP contribution is -2.49. The van der Waals surface area contributed by atoms with Gasteiger partial charge in [0, 0.05) is 37.7 Å². The van der Waals surface area contributed by atoms with Crippen LogP contribution in [0.5, 0.6) is 5.75 Å². The smallest absolute Gasteiger partial charge is 0.245 e. The Hall–Kier alpha value is -1.36. The quantitative estimate of drug-likeness (QED) is 0.314. The molecule has 0 N–H and O–H groups in total. The lowest BCUT2D eigenvalue weighted by atomic mass is 10.1. The van der Waals surface area contributed by atoms with Crippen LogP contribution in [0.1, 0.15) is 17.2 Å². The molecule has 1 atom stereocenters. The SMILES string of the molecule is COc1cccc([C@H](CN2CCN(S(=O)(=O)c3cc(Cl)sc3Cl)CC2)OCc2cccc(Cl)c2)c1. The maximum Gasteiger partial charge on any atom is 0.245 e. The van der Waals surface area contributed by atoms with Crippen LogP contribution in [0.2, 0.25) is 13.7 Å². The fraction of sp³-hybridized carbons (Fsp3) is 0.333. The Morgan fingerprint density at radius 1 is 1.00 bits per heavy atom. The predicted octanol–water partition coefficient (Wildman–Crippen LogP) is 5.98. The molecule has 0 saturated carbocycles. The van der Waals surface area contributed by atoms with Crippen LogP contribution in [0.25, 0.3) is 0 Å². The van der Waals surface area contributed by atoms with Crippen LogP contribution < -0.4 is 4.74 Å². The Labute approximate surface area is 225 Å². The van der Waals surface area contributed by atoms with Gasteiger partial charge in [0.25, 0.3) is 0 Å². The van der Waals surface area contributed by atoms with E-state index in [9.17, 15) is 8.42 Å². The molecule has 35 heavy (non-hydrogen) atoms. The van der Waals surface area contributed by atoms with E-state index in [1.165, 1.54) is 10.4 Å². The minimum absolute atomic E-state index is 0.0710. The third-order valence-electron chi connectivity index (χ3n) is 5.80. The van der Waals surface area contributed by atoms with Gasteiger partial charge >= 0.3 is 0 Å². The number of nitrogens with zero attached hydrogens (tertiary/aromatic N) is 2. The summed E-state index contributed by atoms with van der Waals surface area (Å²) in [5.74, 6) is 0.751. The summed E-state index contributed by atoms with van der Waals surface area (Å²) in [5, 5.41) is 0.661. The van der Waals surface area contributed by atoms with Gasteiger partial charge in [-0.2, -0.15) is 4.31 Å². The standard InChI is InChI=1S/C24H25Cl3N2O4S2/c1-32-20-7-3-5-18(13-20)21(33-16-17-4-2-6-19(25)12-17)15-28-8-10-29(11-9-28)35(30,31)22-14-23(26)34-24(22)27/h2-7,12-14,21H,8-11,15-16H2,1H3/t21-/m0/s1. The van der Waals surface area contributed by atoms with Crippen molar-refractivity contribution in [2.75, 3.05) is 39.8 Å². The first kappa shape index (κ1) is 26.7. The fourth-order valence-electron chi connectivity index (χ4n) is 3.95. The van der Waals surface area contributed by atoms with E-state index in [-0.39, 0.29) is 15.3 Å². The number of rotatable bonds is 9. The van der Waals surface area contributed by atoms with Crippen molar-refractivity contribution in [3.05, 3.63) is 79.4 Å². The highest BCUT2D eigenvalue weighted by Gasteiger charge is 2.32. The zero-order valence-electron chi connectivity index (χ0n) is 19.0. The third-order valence-corrected chi connectivity index (χ3v) is 9.69. The first-order valence-electron chi connectivity index (χ1n) is 10.9. The molecular formula is C24H25Cl3N2O4S2. The second-order valence-corrected chi connectivity index (χ2v) is 12.7. The van der Waals surface area contributed by atoms with Gasteiger partial charge in [0.15, 0.2) is 0 Å². The molecule has 1 fully saturated rings. The van der Waals surface area contributed by atoms with Gasteiger partial charge in [-0.15, -0.1) is 11.3 Å². The van der Waals surface area contributed by atoms with Crippen LogP contribution in [0.15, 0.2) is 59.5 Å². The molecule has 4 rings (SSSR count). The van der Waals surface area contributed by atoms with E-state index in [4.69, 9.17) is 44.3 Å². The molecule has 188 valence electrons. The van der Waals surface area contributed by atoms with Crippen LogP contribution in [0.3, 0.4) is 0 Å². The molecule has 6 nitrogen and oxygen atoms in total. The summed E-state index contributed by atoms with van der Waals surface area (Å²) in [6.45, 7) is 2.84. The van der Waals surface area contributed by atoms with E-state index in [2.05, 4.69) is 4.90 Å². The summed E-state index contributed by atoms with van der Waals surface area (Å²) in [5.41, 5.74) is 1.97. The molecule has 0 spiro atoms. The molecule has 1 saturated heterocycles. The van der Waals surface area contributed by atoms with E-state index in [0.29, 0.717) is 48.7 Å². The van der Waals surface area contributed by atoms with Crippen molar-refractivity contribution < 1.29 is 17.9 Å². The average molecular weight is 576 g/mol. The fourth-order valence-corrected chi connectivity index (χ4v) is 7.69. The Kier molecular flexibility index (Phi) is 8.99. The van der Waals surface area contributed by atoms with Crippen LogP contribution in [0, 0.1) is 0 Å². The molecule has 1 aliphatic rings. The largest absolute Gasteiger partial charge is 0.497 e. The van der Waals surface area contributed by atoms with Crippen LogP contribution in [0.4, 0.5) is 0 Å². The van der Waals surface area contributed by atoms with E-state index in [1.807, 2.05) is 48.5 Å². The summed E-state index contributed by atoms with van der Waals surface area (Å²) < 4.78 is 39.8. The Bertz CT molecular complexity index is 1260. The van der Waals surface area contributed by atoms with Crippen molar-refractivity contribution >= 4 is 56.2 Å². The van der Waals surface area contributed by atoms with Crippen molar-refractivity contribution in [2.45, 2.75) is 17.6 Å². The predicted molar refractivity (Wildman–Crippen MR) is 142 cm³/mol. The second kappa shape index (κ2) is 11.8. The number of piperazine rings is 1. The van der Waals surface area contributed by atoms with Crippen LogP contribution >= 0.6 is 46.1 Å². The monoisotopic (exact) mass is 574 g/mol. The van der Waals surface area contributed by atoms with Crippen molar-refractivity contribution in [1.82, 2.24) is 9.21 Å². The van der Waals surface area contributed by atoms with E-state index in [1.54, 1.807) is 7.11 Å². The first-order valence-corrected chi connectivity index (χ1v) is 14.3. The van der Waals surface area contributed by atoms with Crippen molar-refractivity contribution in [3.8, 4) is 5.75 Å². The van der Waals surface area contributed by atoms with Gasteiger partial charge in [0.2, 0.25) is 10.0 Å². The maximum atomic E-state index is 13.1. The number of thiophene rings is 1. The van der Waals surface area contributed by atoms with E-state index < -0.39 is 10.0 Å². The second-order valence-electron chi connectivity index (χ2n) is 8.10. The molecular weight excluding hydrogens is 551 g/mol. The normalized spacial score (nSPS) is 16.3. The molecule has 2 heterocycles. The molecule has 11 heteroatoms. The minimum atomic E-state index is -3.69. The van der Waals surface area contributed by atoms with Gasteiger partial charge in [-0.25, -0.2) is 8.42 Å². The van der Waals surface area contributed by atoms with Crippen molar-refractivity contribution in [1.29, 1.82) is 0 Å². The van der Waals surface area contributed by atoms with Gasteiger partial charge in [-0.05, 0) is 41.5 Å². The highest BCUT2D eigenvalue weighted by Crippen LogP contribution is 2.36. The molecule has 3 aromatic rings. The summed E-state index contributed by atoms with van der Waals surface area (Å²) in [4.78, 5) is 2.28. The topological polar surface area (TPSA) is 59.1 Å². The number of hydrogen-bond donors (Lipinski definition) is 0. The van der Waals surface area contributed by atoms with Gasteiger partial charge in [-0.1, -0.05) is 59.1 Å². The van der Waals surface area contributed by atoms with Crippen molar-refractivity contribution in [3.63, 3.8) is 0 Å². The zero-order valence-corrected chi connectivity index (χ0v) is 22.9. The highest BCUT2D eigenvalue weighted by atomic mass is 35.5. The summed E-state index contributed by atoms with van der Waals surface area (Å²) in [6, 6.07) is 16.8.